The Hall–Kier alpha value is -1.61. The van der Waals surface area contributed by atoms with Crippen molar-refractivity contribution in [3.05, 3.63) is 35.5 Å². The lowest BCUT2D eigenvalue weighted by atomic mass is 10.1. The summed E-state index contributed by atoms with van der Waals surface area (Å²) in [5.41, 5.74) is 8.66. The molecule has 0 aliphatic heterocycles. The molecule has 0 saturated heterocycles. The monoisotopic (exact) mass is 230 g/mol. The van der Waals surface area contributed by atoms with Gasteiger partial charge in [-0.1, -0.05) is 12.1 Å². The molecule has 2 rings (SSSR count). The fraction of sp³-hybridized carbons (Fsp3) is 0.357. The minimum atomic E-state index is 0.150. The van der Waals surface area contributed by atoms with E-state index in [0.717, 1.165) is 27.9 Å². The van der Waals surface area contributed by atoms with Crippen molar-refractivity contribution in [2.75, 3.05) is 0 Å². The summed E-state index contributed by atoms with van der Waals surface area (Å²) >= 11 is 0. The summed E-state index contributed by atoms with van der Waals surface area (Å²) < 4.78 is 5.76. The molecule has 0 unspecified atom stereocenters. The maximum absolute atomic E-state index is 5.76. The van der Waals surface area contributed by atoms with E-state index in [1.54, 1.807) is 0 Å². The first kappa shape index (κ1) is 11.9. The number of hydrogen-bond acceptors (Lipinski definition) is 3. The molecule has 17 heavy (non-hydrogen) atoms. The molecule has 1 heterocycles. The van der Waals surface area contributed by atoms with Gasteiger partial charge < -0.3 is 10.5 Å². The molecule has 0 bridgehead atoms. The number of ether oxygens (including phenoxy) is 1. The smallest absolute Gasteiger partial charge is 0.145 e. The van der Waals surface area contributed by atoms with Crippen molar-refractivity contribution in [2.45, 2.75) is 33.4 Å². The number of nitrogens with zero attached hydrogens (tertiary/aromatic N) is 1. The standard InChI is InChI=1S/C14H18N2O/c1-9(2)17-13-6-4-5-11-7-12(8-15)10(3)16-14(11)13/h4-7,9H,8,15H2,1-3H3. The minimum Gasteiger partial charge on any atom is -0.489 e. The molecule has 3 heteroatoms. The number of pyridine rings is 1. The van der Waals surface area contributed by atoms with Gasteiger partial charge in [0.25, 0.3) is 0 Å². The van der Waals surface area contributed by atoms with Crippen LogP contribution in [0.25, 0.3) is 10.9 Å². The number of benzene rings is 1. The van der Waals surface area contributed by atoms with Crippen LogP contribution in [0.2, 0.25) is 0 Å². The van der Waals surface area contributed by atoms with Gasteiger partial charge in [0.2, 0.25) is 0 Å². The zero-order chi connectivity index (χ0) is 12.4. The van der Waals surface area contributed by atoms with Crippen LogP contribution in [0.5, 0.6) is 5.75 Å². The fourth-order valence-corrected chi connectivity index (χ4v) is 1.86. The Morgan fingerprint density at radius 2 is 2.12 bits per heavy atom. The van der Waals surface area contributed by atoms with Crippen LogP contribution in [0.15, 0.2) is 24.3 Å². The van der Waals surface area contributed by atoms with Gasteiger partial charge in [-0.05, 0) is 38.5 Å². The molecule has 2 aromatic rings. The maximum atomic E-state index is 5.76. The second kappa shape index (κ2) is 4.72. The van der Waals surface area contributed by atoms with Gasteiger partial charge in [0.15, 0.2) is 0 Å². The van der Waals surface area contributed by atoms with Crippen molar-refractivity contribution in [1.82, 2.24) is 4.98 Å². The molecule has 0 aliphatic rings. The Morgan fingerprint density at radius 3 is 2.76 bits per heavy atom. The first-order chi connectivity index (χ1) is 8.11. The predicted octanol–water partition coefficient (Wildman–Crippen LogP) is 2.79. The Bertz CT molecular complexity index is 535. The van der Waals surface area contributed by atoms with Gasteiger partial charge in [0, 0.05) is 17.6 Å². The lowest BCUT2D eigenvalue weighted by molar-refractivity contribution is 0.245. The highest BCUT2D eigenvalue weighted by Crippen LogP contribution is 2.26. The van der Waals surface area contributed by atoms with E-state index < -0.39 is 0 Å². The van der Waals surface area contributed by atoms with Gasteiger partial charge in [-0.15, -0.1) is 0 Å². The lowest BCUT2D eigenvalue weighted by Gasteiger charge is -2.13. The highest BCUT2D eigenvalue weighted by molar-refractivity contribution is 5.85. The van der Waals surface area contributed by atoms with Gasteiger partial charge in [-0.2, -0.15) is 0 Å². The summed E-state index contributed by atoms with van der Waals surface area (Å²) in [6.45, 7) is 6.53. The van der Waals surface area contributed by atoms with E-state index in [4.69, 9.17) is 10.5 Å². The number of para-hydroxylation sites is 1. The number of fused-ring (bicyclic) bond motifs is 1. The molecular formula is C14H18N2O. The average molecular weight is 230 g/mol. The largest absolute Gasteiger partial charge is 0.489 e. The number of aryl methyl sites for hydroxylation is 1. The molecule has 1 aromatic carbocycles. The van der Waals surface area contributed by atoms with Crippen molar-refractivity contribution in [1.29, 1.82) is 0 Å². The second-order valence-electron chi connectivity index (χ2n) is 4.43. The van der Waals surface area contributed by atoms with Crippen LogP contribution in [0, 0.1) is 6.92 Å². The zero-order valence-electron chi connectivity index (χ0n) is 10.5. The van der Waals surface area contributed by atoms with Crippen molar-refractivity contribution in [3.8, 4) is 5.75 Å². The molecule has 0 spiro atoms. The van der Waals surface area contributed by atoms with E-state index in [2.05, 4.69) is 11.1 Å². The van der Waals surface area contributed by atoms with Gasteiger partial charge in [0.05, 0.1) is 6.10 Å². The van der Waals surface area contributed by atoms with Crippen LogP contribution in [-0.4, -0.2) is 11.1 Å². The number of aromatic nitrogens is 1. The van der Waals surface area contributed by atoms with Gasteiger partial charge in [-0.25, -0.2) is 4.98 Å². The van der Waals surface area contributed by atoms with E-state index in [-0.39, 0.29) is 6.10 Å². The summed E-state index contributed by atoms with van der Waals surface area (Å²) in [6, 6.07) is 8.06. The topological polar surface area (TPSA) is 48.1 Å². The van der Waals surface area contributed by atoms with Gasteiger partial charge in [-0.3, -0.25) is 0 Å². The van der Waals surface area contributed by atoms with Crippen molar-refractivity contribution in [2.24, 2.45) is 5.73 Å². The second-order valence-corrected chi connectivity index (χ2v) is 4.43. The molecule has 0 saturated carbocycles. The van der Waals surface area contributed by atoms with Crippen LogP contribution < -0.4 is 10.5 Å². The van der Waals surface area contributed by atoms with Gasteiger partial charge >= 0.3 is 0 Å². The first-order valence-electron chi connectivity index (χ1n) is 5.87. The summed E-state index contributed by atoms with van der Waals surface area (Å²) in [4.78, 5) is 4.59. The van der Waals surface area contributed by atoms with Gasteiger partial charge in [0.1, 0.15) is 11.3 Å². The molecule has 0 radical (unpaired) electrons. The highest BCUT2D eigenvalue weighted by Gasteiger charge is 2.08. The third-order valence-corrected chi connectivity index (χ3v) is 2.69. The van der Waals surface area contributed by atoms with Crippen molar-refractivity contribution in [3.63, 3.8) is 0 Å². The Labute approximate surface area is 102 Å². The number of hydrogen-bond donors (Lipinski definition) is 1. The predicted molar refractivity (Wildman–Crippen MR) is 70.1 cm³/mol. The molecule has 2 N–H and O–H groups in total. The molecule has 0 amide bonds. The van der Waals surface area contributed by atoms with E-state index in [1.165, 1.54) is 0 Å². The molecule has 1 aromatic heterocycles. The summed E-state index contributed by atoms with van der Waals surface area (Å²) in [6.07, 6.45) is 0.150. The Kier molecular flexibility index (Phi) is 3.29. The SMILES string of the molecule is Cc1nc2c(OC(C)C)cccc2cc1CN. The lowest BCUT2D eigenvalue weighted by Crippen LogP contribution is -2.07. The number of nitrogens with two attached hydrogens (primary N) is 1. The van der Waals surface area contributed by atoms with E-state index in [9.17, 15) is 0 Å². The Balaban J connectivity index is 2.60. The van der Waals surface area contributed by atoms with Crippen molar-refractivity contribution >= 4 is 10.9 Å². The van der Waals surface area contributed by atoms with Crippen LogP contribution >= 0.6 is 0 Å². The average Bonchev–Trinajstić information content (AvgIpc) is 2.28. The van der Waals surface area contributed by atoms with Crippen LogP contribution in [0.1, 0.15) is 25.1 Å². The third-order valence-electron chi connectivity index (χ3n) is 2.69. The normalized spacial score (nSPS) is 11.1. The van der Waals surface area contributed by atoms with E-state index >= 15 is 0 Å². The fourth-order valence-electron chi connectivity index (χ4n) is 1.86. The molecule has 3 nitrogen and oxygen atoms in total. The molecular weight excluding hydrogens is 212 g/mol. The first-order valence-corrected chi connectivity index (χ1v) is 5.87. The van der Waals surface area contributed by atoms with E-state index in [0.29, 0.717) is 6.54 Å². The summed E-state index contributed by atoms with van der Waals surface area (Å²) in [7, 11) is 0. The molecule has 0 aliphatic carbocycles. The molecule has 90 valence electrons. The number of rotatable bonds is 3. The summed E-state index contributed by atoms with van der Waals surface area (Å²) in [5, 5.41) is 1.08. The van der Waals surface area contributed by atoms with Crippen LogP contribution in [0.4, 0.5) is 0 Å². The van der Waals surface area contributed by atoms with Crippen LogP contribution in [-0.2, 0) is 6.54 Å². The highest BCUT2D eigenvalue weighted by atomic mass is 16.5. The quantitative estimate of drug-likeness (QED) is 0.882. The van der Waals surface area contributed by atoms with Crippen molar-refractivity contribution < 1.29 is 4.74 Å². The minimum absolute atomic E-state index is 0.150. The van der Waals surface area contributed by atoms with E-state index in [1.807, 2.05) is 39.0 Å². The zero-order valence-corrected chi connectivity index (χ0v) is 10.5. The summed E-state index contributed by atoms with van der Waals surface area (Å²) in [5.74, 6) is 0.837. The third kappa shape index (κ3) is 2.39. The molecule has 0 atom stereocenters. The van der Waals surface area contributed by atoms with Crippen LogP contribution in [0.3, 0.4) is 0 Å². The molecule has 0 fully saturated rings. The maximum Gasteiger partial charge on any atom is 0.145 e. The Morgan fingerprint density at radius 1 is 1.35 bits per heavy atom.